The lowest BCUT2D eigenvalue weighted by Gasteiger charge is -2.11. The van der Waals surface area contributed by atoms with E-state index in [2.05, 4.69) is 30.4 Å². The SMILES string of the molecule is Cc1cccc2c1NCCC(CN)C2. The third-order valence-corrected chi connectivity index (χ3v) is 3.06. The maximum atomic E-state index is 5.74. The lowest BCUT2D eigenvalue weighted by molar-refractivity contribution is 0.517. The molecule has 14 heavy (non-hydrogen) atoms. The van der Waals surface area contributed by atoms with Gasteiger partial charge in [0.1, 0.15) is 0 Å². The zero-order valence-corrected chi connectivity index (χ0v) is 8.72. The number of hydrogen-bond acceptors (Lipinski definition) is 2. The van der Waals surface area contributed by atoms with Crippen molar-refractivity contribution in [3.63, 3.8) is 0 Å². The molecule has 0 aromatic heterocycles. The molecule has 0 saturated heterocycles. The number of para-hydroxylation sites is 1. The molecule has 0 amide bonds. The van der Waals surface area contributed by atoms with Crippen molar-refractivity contribution in [2.45, 2.75) is 19.8 Å². The zero-order chi connectivity index (χ0) is 9.97. The Morgan fingerprint density at radius 1 is 1.50 bits per heavy atom. The average Bonchev–Trinajstić information content (AvgIpc) is 2.40. The Bertz CT molecular complexity index is 320. The van der Waals surface area contributed by atoms with E-state index < -0.39 is 0 Å². The minimum Gasteiger partial charge on any atom is -0.385 e. The molecular weight excluding hydrogens is 172 g/mol. The van der Waals surface area contributed by atoms with Crippen molar-refractivity contribution in [1.29, 1.82) is 0 Å². The fourth-order valence-corrected chi connectivity index (χ4v) is 2.17. The van der Waals surface area contributed by atoms with E-state index in [0.29, 0.717) is 5.92 Å². The topological polar surface area (TPSA) is 38.0 Å². The van der Waals surface area contributed by atoms with Gasteiger partial charge in [0.15, 0.2) is 0 Å². The Kier molecular flexibility index (Phi) is 2.73. The van der Waals surface area contributed by atoms with Gasteiger partial charge in [-0.15, -0.1) is 0 Å². The summed E-state index contributed by atoms with van der Waals surface area (Å²) in [6.45, 7) is 4.02. The Morgan fingerprint density at radius 3 is 3.14 bits per heavy atom. The summed E-state index contributed by atoms with van der Waals surface area (Å²) in [4.78, 5) is 0. The van der Waals surface area contributed by atoms with Crippen LogP contribution in [-0.4, -0.2) is 13.1 Å². The van der Waals surface area contributed by atoms with E-state index in [1.54, 1.807) is 0 Å². The molecule has 0 spiro atoms. The summed E-state index contributed by atoms with van der Waals surface area (Å²) in [6.07, 6.45) is 2.31. The number of nitrogens with two attached hydrogens (primary N) is 1. The summed E-state index contributed by atoms with van der Waals surface area (Å²) in [7, 11) is 0. The second-order valence-electron chi connectivity index (χ2n) is 4.13. The number of benzene rings is 1. The molecule has 1 atom stereocenters. The number of fused-ring (bicyclic) bond motifs is 1. The van der Waals surface area contributed by atoms with E-state index in [1.807, 2.05) is 0 Å². The molecule has 1 aromatic carbocycles. The van der Waals surface area contributed by atoms with Crippen molar-refractivity contribution in [3.05, 3.63) is 29.3 Å². The summed E-state index contributed by atoms with van der Waals surface area (Å²) in [6, 6.07) is 6.51. The maximum absolute atomic E-state index is 5.74. The number of hydrogen-bond donors (Lipinski definition) is 2. The highest BCUT2D eigenvalue weighted by atomic mass is 14.9. The molecule has 0 fully saturated rings. The number of nitrogens with one attached hydrogen (secondary N) is 1. The zero-order valence-electron chi connectivity index (χ0n) is 8.72. The van der Waals surface area contributed by atoms with Crippen LogP contribution in [-0.2, 0) is 6.42 Å². The van der Waals surface area contributed by atoms with Crippen molar-refractivity contribution in [3.8, 4) is 0 Å². The highest BCUT2D eigenvalue weighted by Crippen LogP contribution is 2.26. The van der Waals surface area contributed by atoms with Gasteiger partial charge in [-0.25, -0.2) is 0 Å². The highest BCUT2D eigenvalue weighted by Gasteiger charge is 2.15. The van der Waals surface area contributed by atoms with Gasteiger partial charge >= 0.3 is 0 Å². The summed E-state index contributed by atoms with van der Waals surface area (Å²) >= 11 is 0. The van der Waals surface area contributed by atoms with E-state index in [-0.39, 0.29) is 0 Å². The van der Waals surface area contributed by atoms with E-state index in [4.69, 9.17) is 5.73 Å². The second-order valence-corrected chi connectivity index (χ2v) is 4.13. The van der Waals surface area contributed by atoms with Crippen LogP contribution in [0.25, 0.3) is 0 Å². The smallest absolute Gasteiger partial charge is 0.0402 e. The van der Waals surface area contributed by atoms with Crippen LogP contribution in [0, 0.1) is 12.8 Å². The second kappa shape index (κ2) is 4.01. The van der Waals surface area contributed by atoms with E-state index in [9.17, 15) is 0 Å². The third kappa shape index (κ3) is 1.75. The predicted octanol–water partition coefficient (Wildman–Crippen LogP) is 1.93. The van der Waals surface area contributed by atoms with Crippen LogP contribution in [0.2, 0.25) is 0 Å². The minimum atomic E-state index is 0.644. The molecule has 1 aromatic rings. The molecule has 1 unspecified atom stereocenters. The van der Waals surface area contributed by atoms with Crippen molar-refractivity contribution in [2.24, 2.45) is 11.7 Å². The summed E-state index contributed by atoms with van der Waals surface area (Å²) in [5.41, 5.74) is 9.85. The normalized spacial score (nSPS) is 20.9. The number of rotatable bonds is 1. The average molecular weight is 190 g/mol. The minimum absolute atomic E-state index is 0.644. The molecule has 0 saturated carbocycles. The van der Waals surface area contributed by atoms with Gasteiger partial charge < -0.3 is 11.1 Å². The van der Waals surface area contributed by atoms with Crippen molar-refractivity contribution < 1.29 is 0 Å². The maximum Gasteiger partial charge on any atom is 0.0402 e. The van der Waals surface area contributed by atoms with Crippen molar-refractivity contribution in [1.82, 2.24) is 0 Å². The fourth-order valence-electron chi connectivity index (χ4n) is 2.17. The lowest BCUT2D eigenvalue weighted by Crippen LogP contribution is -2.17. The monoisotopic (exact) mass is 190 g/mol. The molecule has 76 valence electrons. The van der Waals surface area contributed by atoms with E-state index in [0.717, 1.165) is 19.5 Å². The fraction of sp³-hybridized carbons (Fsp3) is 0.500. The van der Waals surface area contributed by atoms with Crippen LogP contribution in [0.1, 0.15) is 17.5 Å². The van der Waals surface area contributed by atoms with Gasteiger partial charge in [-0.1, -0.05) is 18.2 Å². The molecule has 1 aliphatic rings. The van der Waals surface area contributed by atoms with Gasteiger partial charge in [-0.2, -0.15) is 0 Å². The molecular formula is C12H18N2. The molecule has 2 nitrogen and oxygen atoms in total. The van der Waals surface area contributed by atoms with Gasteiger partial charge in [-0.05, 0) is 43.4 Å². The van der Waals surface area contributed by atoms with Gasteiger partial charge in [0.05, 0.1) is 0 Å². The molecule has 0 radical (unpaired) electrons. The van der Waals surface area contributed by atoms with Gasteiger partial charge in [0.25, 0.3) is 0 Å². The Morgan fingerprint density at radius 2 is 2.36 bits per heavy atom. The molecule has 2 heteroatoms. The van der Waals surface area contributed by atoms with Gasteiger partial charge in [-0.3, -0.25) is 0 Å². The first-order valence-corrected chi connectivity index (χ1v) is 5.33. The van der Waals surface area contributed by atoms with Crippen LogP contribution in [0.3, 0.4) is 0 Å². The van der Waals surface area contributed by atoms with E-state index >= 15 is 0 Å². The van der Waals surface area contributed by atoms with Crippen LogP contribution >= 0.6 is 0 Å². The Labute approximate surface area is 85.5 Å². The third-order valence-electron chi connectivity index (χ3n) is 3.06. The quantitative estimate of drug-likeness (QED) is 0.710. The standard InChI is InChI=1S/C12H18N2/c1-9-3-2-4-11-7-10(8-13)5-6-14-12(9)11/h2-4,10,14H,5-8,13H2,1H3. The molecule has 1 heterocycles. The predicted molar refractivity (Wildman–Crippen MR) is 60.5 cm³/mol. The van der Waals surface area contributed by atoms with Crippen molar-refractivity contribution in [2.75, 3.05) is 18.4 Å². The first kappa shape index (κ1) is 9.53. The first-order chi connectivity index (χ1) is 6.81. The number of anilines is 1. The summed E-state index contributed by atoms with van der Waals surface area (Å²) in [5, 5.41) is 3.50. The van der Waals surface area contributed by atoms with Gasteiger partial charge in [0, 0.05) is 12.2 Å². The lowest BCUT2D eigenvalue weighted by atomic mass is 9.96. The molecule has 2 rings (SSSR count). The molecule has 1 aliphatic heterocycles. The molecule has 0 bridgehead atoms. The first-order valence-electron chi connectivity index (χ1n) is 5.33. The highest BCUT2D eigenvalue weighted by molar-refractivity contribution is 5.57. The molecule has 0 aliphatic carbocycles. The van der Waals surface area contributed by atoms with E-state index in [1.165, 1.54) is 23.2 Å². The van der Waals surface area contributed by atoms with Gasteiger partial charge in [0.2, 0.25) is 0 Å². The van der Waals surface area contributed by atoms with Crippen LogP contribution in [0.4, 0.5) is 5.69 Å². The summed E-state index contributed by atoms with van der Waals surface area (Å²) in [5.74, 6) is 0.644. The van der Waals surface area contributed by atoms with Crippen LogP contribution < -0.4 is 11.1 Å². The molecule has 3 N–H and O–H groups in total. The van der Waals surface area contributed by atoms with Crippen LogP contribution in [0.5, 0.6) is 0 Å². The Hall–Kier alpha value is -1.02. The largest absolute Gasteiger partial charge is 0.385 e. The number of aryl methyl sites for hydroxylation is 1. The van der Waals surface area contributed by atoms with Crippen LogP contribution in [0.15, 0.2) is 18.2 Å². The Balaban J connectivity index is 2.32. The van der Waals surface area contributed by atoms with Crippen molar-refractivity contribution >= 4 is 5.69 Å². The summed E-state index contributed by atoms with van der Waals surface area (Å²) < 4.78 is 0.